The van der Waals surface area contributed by atoms with Gasteiger partial charge in [0.15, 0.2) is 0 Å². The van der Waals surface area contributed by atoms with E-state index in [2.05, 4.69) is 15.6 Å². The van der Waals surface area contributed by atoms with Crippen molar-refractivity contribution in [3.05, 3.63) is 64.7 Å². The molecule has 2 amide bonds. The molecule has 1 aliphatic rings. The first-order chi connectivity index (χ1) is 14.5. The van der Waals surface area contributed by atoms with Crippen LogP contribution in [0.15, 0.2) is 53.6 Å². The van der Waals surface area contributed by atoms with Gasteiger partial charge in [0, 0.05) is 17.1 Å². The Labute approximate surface area is 182 Å². The van der Waals surface area contributed by atoms with Crippen molar-refractivity contribution in [1.29, 1.82) is 5.26 Å². The largest absolute Gasteiger partial charge is 0.349 e. The van der Waals surface area contributed by atoms with Crippen LogP contribution in [0, 0.1) is 11.3 Å². The van der Waals surface area contributed by atoms with E-state index in [9.17, 15) is 9.59 Å². The quantitative estimate of drug-likeness (QED) is 0.559. The van der Waals surface area contributed by atoms with Gasteiger partial charge >= 0.3 is 0 Å². The first kappa shape index (κ1) is 20.2. The number of nitrogens with zero attached hydrogens (tertiary/aromatic N) is 2. The first-order valence-electron chi connectivity index (χ1n) is 9.36. The molecule has 1 fully saturated rings. The van der Waals surface area contributed by atoms with Gasteiger partial charge in [-0.25, -0.2) is 4.98 Å². The predicted molar refractivity (Wildman–Crippen MR) is 118 cm³/mol. The Morgan fingerprint density at radius 2 is 2.00 bits per heavy atom. The van der Waals surface area contributed by atoms with Crippen molar-refractivity contribution in [2.24, 2.45) is 0 Å². The van der Waals surface area contributed by atoms with Crippen molar-refractivity contribution in [3.8, 4) is 6.07 Å². The molecule has 4 rings (SSSR count). The van der Waals surface area contributed by atoms with Gasteiger partial charge in [0.1, 0.15) is 6.07 Å². The Morgan fingerprint density at radius 1 is 1.20 bits per heavy atom. The number of para-hydroxylation sites is 1. The minimum Gasteiger partial charge on any atom is -0.349 e. The molecule has 0 radical (unpaired) electrons. The van der Waals surface area contributed by atoms with Crippen LogP contribution in [0.3, 0.4) is 0 Å². The van der Waals surface area contributed by atoms with Crippen LogP contribution in [0.2, 0.25) is 5.02 Å². The highest BCUT2D eigenvalue weighted by Crippen LogP contribution is 2.26. The fourth-order valence-electron chi connectivity index (χ4n) is 2.92. The van der Waals surface area contributed by atoms with E-state index < -0.39 is 0 Å². The van der Waals surface area contributed by atoms with Gasteiger partial charge in [0.2, 0.25) is 5.91 Å². The van der Waals surface area contributed by atoms with E-state index in [0.717, 1.165) is 18.2 Å². The zero-order chi connectivity index (χ0) is 21.1. The fraction of sp³-hybridized carbons (Fsp3) is 0.182. The molecule has 8 heteroatoms. The number of aromatic nitrogens is 1. The monoisotopic (exact) mass is 436 g/mol. The number of hydrogen-bond acceptors (Lipinski definition) is 5. The number of nitrogens with one attached hydrogen (secondary N) is 2. The SMILES string of the molecule is N#Cc1ccc(NC(=O)CSc2cc(C(=O)NC3CC3)c3ccccc3n2)cc1Cl. The number of amides is 2. The van der Waals surface area contributed by atoms with Crippen molar-refractivity contribution in [2.45, 2.75) is 23.9 Å². The van der Waals surface area contributed by atoms with E-state index in [0.29, 0.717) is 27.4 Å². The molecule has 0 spiro atoms. The van der Waals surface area contributed by atoms with Crippen LogP contribution >= 0.6 is 23.4 Å². The molecule has 3 aromatic rings. The molecule has 2 aromatic carbocycles. The molecular formula is C22H17ClN4O2S. The third kappa shape index (κ3) is 4.73. The Morgan fingerprint density at radius 3 is 2.73 bits per heavy atom. The van der Waals surface area contributed by atoms with Gasteiger partial charge in [-0.2, -0.15) is 5.26 Å². The second kappa shape index (κ2) is 8.74. The molecule has 1 aliphatic carbocycles. The lowest BCUT2D eigenvalue weighted by Crippen LogP contribution is -2.25. The van der Waals surface area contributed by atoms with Gasteiger partial charge in [-0.15, -0.1) is 0 Å². The number of fused-ring (bicyclic) bond motifs is 1. The van der Waals surface area contributed by atoms with Crippen molar-refractivity contribution < 1.29 is 9.59 Å². The molecule has 6 nitrogen and oxygen atoms in total. The van der Waals surface area contributed by atoms with E-state index in [1.807, 2.05) is 30.3 Å². The molecule has 0 unspecified atom stereocenters. The fourth-order valence-corrected chi connectivity index (χ4v) is 3.86. The number of hydrogen-bond donors (Lipinski definition) is 2. The second-order valence-electron chi connectivity index (χ2n) is 6.92. The average molecular weight is 437 g/mol. The summed E-state index contributed by atoms with van der Waals surface area (Å²) in [6, 6.07) is 16.2. The maximum atomic E-state index is 12.7. The summed E-state index contributed by atoms with van der Waals surface area (Å²) in [5, 5.41) is 16.4. The molecule has 1 saturated carbocycles. The lowest BCUT2D eigenvalue weighted by Gasteiger charge is -2.10. The molecular weight excluding hydrogens is 420 g/mol. The van der Waals surface area contributed by atoms with Crippen LogP contribution in [-0.2, 0) is 4.79 Å². The summed E-state index contributed by atoms with van der Waals surface area (Å²) in [5.74, 6) is -0.235. The number of carbonyl (C=O) groups excluding carboxylic acids is 2. The summed E-state index contributed by atoms with van der Waals surface area (Å²) in [6.45, 7) is 0. The van der Waals surface area contributed by atoms with Crippen molar-refractivity contribution >= 4 is 51.8 Å². The van der Waals surface area contributed by atoms with E-state index in [4.69, 9.17) is 16.9 Å². The van der Waals surface area contributed by atoms with Gasteiger partial charge in [-0.05, 0) is 43.2 Å². The predicted octanol–water partition coefficient (Wildman–Crippen LogP) is 4.38. The highest BCUT2D eigenvalue weighted by atomic mass is 35.5. The third-order valence-corrected chi connectivity index (χ3v) is 5.80. The van der Waals surface area contributed by atoms with E-state index >= 15 is 0 Å². The number of benzene rings is 2. The van der Waals surface area contributed by atoms with Crippen LogP contribution in [0.4, 0.5) is 5.69 Å². The number of pyridine rings is 1. The Hall–Kier alpha value is -3.08. The number of nitriles is 1. The number of anilines is 1. The highest BCUT2D eigenvalue weighted by Gasteiger charge is 2.25. The molecule has 0 bridgehead atoms. The summed E-state index contributed by atoms with van der Waals surface area (Å²) in [5.41, 5.74) is 2.14. The van der Waals surface area contributed by atoms with Gasteiger partial charge in [0.05, 0.1) is 32.4 Å². The van der Waals surface area contributed by atoms with Gasteiger partial charge in [0.25, 0.3) is 5.91 Å². The maximum Gasteiger partial charge on any atom is 0.252 e. The minimum atomic E-state index is -0.236. The Bertz CT molecular complexity index is 1190. The second-order valence-corrected chi connectivity index (χ2v) is 8.32. The molecule has 2 N–H and O–H groups in total. The van der Waals surface area contributed by atoms with Crippen LogP contribution in [0.5, 0.6) is 0 Å². The van der Waals surface area contributed by atoms with E-state index in [1.54, 1.807) is 18.2 Å². The molecule has 1 aromatic heterocycles. The topological polar surface area (TPSA) is 94.9 Å². The summed E-state index contributed by atoms with van der Waals surface area (Å²) in [4.78, 5) is 29.6. The molecule has 1 heterocycles. The Kier molecular flexibility index (Phi) is 5.88. The lowest BCUT2D eigenvalue weighted by atomic mass is 10.1. The smallest absolute Gasteiger partial charge is 0.252 e. The lowest BCUT2D eigenvalue weighted by molar-refractivity contribution is -0.113. The Balaban J connectivity index is 1.48. The van der Waals surface area contributed by atoms with Crippen molar-refractivity contribution in [2.75, 3.05) is 11.1 Å². The van der Waals surface area contributed by atoms with Crippen molar-refractivity contribution in [1.82, 2.24) is 10.3 Å². The van der Waals surface area contributed by atoms with Gasteiger partial charge in [-0.3, -0.25) is 9.59 Å². The molecule has 150 valence electrons. The first-order valence-corrected chi connectivity index (χ1v) is 10.7. The normalized spacial score (nSPS) is 12.9. The highest BCUT2D eigenvalue weighted by molar-refractivity contribution is 7.99. The van der Waals surface area contributed by atoms with Crippen molar-refractivity contribution in [3.63, 3.8) is 0 Å². The minimum absolute atomic E-state index is 0.116. The van der Waals surface area contributed by atoms with Gasteiger partial charge in [-0.1, -0.05) is 41.6 Å². The third-order valence-electron chi connectivity index (χ3n) is 4.57. The van der Waals surface area contributed by atoms with Crippen LogP contribution in [0.25, 0.3) is 10.9 Å². The van der Waals surface area contributed by atoms with E-state index in [1.165, 1.54) is 17.8 Å². The number of carbonyl (C=O) groups is 2. The summed E-state index contributed by atoms with van der Waals surface area (Å²) < 4.78 is 0. The van der Waals surface area contributed by atoms with Crippen LogP contribution in [-0.4, -0.2) is 28.6 Å². The summed E-state index contributed by atoms with van der Waals surface area (Å²) in [6.07, 6.45) is 2.02. The molecule has 0 aliphatic heterocycles. The standard InChI is InChI=1S/C22H17ClN4O2S/c23-18-9-15(6-5-13(18)11-24)25-20(28)12-30-21-10-17(22(29)26-14-7-8-14)16-3-1-2-4-19(16)27-21/h1-6,9-10,14H,7-8,12H2,(H,25,28)(H,26,29). The maximum absolute atomic E-state index is 12.7. The van der Waals surface area contributed by atoms with E-state index in [-0.39, 0.29) is 28.6 Å². The molecule has 30 heavy (non-hydrogen) atoms. The number of thioether (sulfide) groups is 1. The number of rotatable bonds is 6. The number of halogens is 1. The van der Waals surface area contributed by atoms with Crippen LogP contribution in [0.1, 0.15) is 28.8 Å². The summed E-state index contributed by atoms with van der Waals surface area (Å²) >= 11 is 7.25. The zero-order valence-corrected chi connectivity index (χ0v) is 17.4. The molecule has 0 atom stereocenters. The van der Waals surface area contributed by atoms with Crippen LogP contribution < -0.4 is 10.6 Å². The zero-order valence-electron chi connectivity index (χ0n) is 15.8. The average Bonchev–Trinajstić information content (AvgIpc) is 3.55. The van der Waals surface area contributed by atoms with Gasteiger partial charge < -0.3 is 10.6 Å². The molecule has 0 saturated heterocycles. The summed E-state index contributed by atoms with van der Waals surface area (Å²) in [7, 11) is 0.